The highest BCUT2D eigenvalue weighted by Crippen LogP contribution is 2.11. The van der Waals surface area contributed by atoms with Crippen LogP contribution in [0.1, 0.15) is 11.3 Å². The number of fused-ring (bicyclic) bond motifs is 1. The molecule has 86 valence electrons. The number of rotatable bonds is 0. The number of aromatic nitrogens is 2. The molecule has 18 heavy (non-hydrogen) atoms. The van der Waals surface area contributed by atoms with Gasteiger partial charge in [0.2, 0.25) is 0 Å². The smallest absolute Gasteiger partial charge is 0.138 e. The molecule has 3 N–H and O–H groups in total. The summed E-state index contributed by atoms with van der Waals surface area (Å²) in [6.07, 6.45) is 1.76. The van der Waals surface area contributed by atoms with Crippen molar-refractivity contribution in [2.24, 2.45) is 0 Å². The number of nitrogens with one attached hydrogen (secondary N) is 1. The van der Waals surface area contributed by atoms with Crippen molar-refractivity contribution in [2.75, 3.05) is 5.73 Å². The quantitative estimate of drug-likeness (QED) is 0.463. The molecule has 0 aliphatic carbocycles. The van der Waals surface area contributed by atoms with Gasteiger partial charge < -0.3 is 10.7 Å². The molecular formula is C15H11N3. The maximum atomic E-state index is 5.62. The summed E-state index contributed by atoms with van der Waals surface area (Å²) in [6.45, 7) is 0. The first-order valence-corrected chi connectivity index (χ1v) is 5.62. The average Bonchev–Trinajstić information content (AvgIpc) is 2.81. The van der Waals surface area contributed by atoms with E-state index in [0.717, 1.165) is 28.0 Å². The number of anilines is 1. The molecular weight excluding hydrogens is 222 g/mol. The Bertz CT molecular complexity index is 709. The van der Waals surface area contributed by atoms with E-state index in [1.54, 1.807) is 6.20 Å². The number of aromatic amines is 1. The molecule has 1 aromatic carbocycles. The fourth-order valence-corrected chi connectivity index (χ4v) is 1.73. The lowest BCUT2D eigenvalue weighted by atomic mass is 10.2. The fraction of sp³-hybridized carbons (Fsp3) is 0. The molecule has 0 fully saturated rings. The van der Waals surface area contributed by atoms with Gasteiger partial charge in [0.15, 0.2) is 0 Å². The molecule has 0 saturated carbocycles. The number of H-pyrrole nitrogens is 1. The van der Waals surface area contributed by atoms with Crippen molar-refractivity contribution in [1.29, 1.82) is 0 Å². The summed E-state index contributed by atoms with van der Waals surface area (Å²) in [5.41, 5.74) is 9.03. The van der Waals surface area contributed by atoms with Gasteiger partial charge in [-0.2, -0.15) is 0 Å². The summed E-state index contributed by atoms with van der Waals surface area (Å²) in [6, 6.07) is 13.4. The summed E-state index contributed by atoms with van der Waals surface area (Å²) in [4.78, 5) is 7.40. The number of benzene rings is 1. The number of nitrogen functional groups attached to an aromatic ring is 1. The van der Waals surface area contributed by atoms with Crippen molar-refractivity contribution in [2.45, 2.75) is 0 Å². The van der Waals surface area contributed by atoms with Crippen molar-refractivity contribution in [3.05, 3.63) is 59.9 Å². The number of hydrogen-bond donors (Lipinski definition) is 2. The maximum Gasteiger partial charge on any atom is 0.138 e. The number of nitrogens with two attached hydrogens (primary N) is 1. The molecule has 0 bridgehead atoms. The molecule has 2 heterocycles. The molecule has 3 rings (SSSR count). The highest BCUT2D eigenvalue weighted by Gasteiger charge is 1.97. The zero-order valence-electron chi connectivity index (χ0n) is 9.64. The molecule has 0 amide bonds. The van der Waals surface area contributed by atoms with E-state index >= 15 is 0 Å². The van der Waals surface area contributed by atoms with Crippen LogP contribution in [0.25, 0.3) is 11.0 Å². The first-order valence-electron chi connectivity index (χ1n) is 5.62. The lowest BCUT2D eigenvalue weighted by Crippen LogP contribution is -1.83. The minimum atomic E-state index is 0.746. The van der Waals surface area contributed by atoms with Gasteiger partial charge in [-0.3, -0.25) is 0 Å². The Morgan fingerprint density at radius 3 is 2.67 bits per heavy atom. The molecule has 3 nitrogen and oxygen atoms in total. The lowest BCUT2D eigenvalue weighted by molar-refractivity contribution is 1.31. The lowest BCUT2D eigenvalue weighted by Gasteiger charge is -1.91. The van der Waals surface area contributed by atoms with Crippen molar-refractivity contribution >= 4 is 16.7 Å². The Kier molecular flexibility index (Phi) is 2.47. The van der Waals surface area contributed by atoms with Gasteiger partial charge in [0.05, 0.1) is 5.69 Å². The molecule has 0 spiro atoms. The Balaban J connectivity index is 1.95. The van der Waals surface area contributed by atoms with Crippen molar-refractivity contribution < 1.29 is 0 Å². The third kappa shape index (κ3) is 2.04. The fourth-order valence-electron chi connectivity index (χ4n) is 1.73. The highest BCUT2D eigenvalue weighted by atomic mass is 14.8. The van der Waals surface area contributed by atoms with E-state index in [1.165, 1.54) is 0 Å². The highest BCUT2D eigenvalue weighted by molar-refractivity contribution is 5.77. The van der Waals surface area contributed by atoms with Gasteiger partial charge in [-0.15, -0.1) is 0 Å². The van der Waals surface area contributed by atoms with E-state index in [-0.39, 0.29) is 0 Å². The van der Waals surface area contributed by atoms with Crippen LogP contribution >= 0.6 is 0 Å². The molecule has 0 saturated heterocycles. The Morgan fingerprint density at radius 2 is 1.89 bits per heavy atom. The second-order valence-corrected chi connectivity index (χ2v) is 4.00. The molecule has 0 aliphatic rings. The average molecular weight is 233 g/mol. The maximum absolute atomic E-state index is 5.62. The zero-order chi connectivity index (χ0) is 12.4. The summed E-state index contributed by atoms with van der Waals surface area (Å²) in [5, 5.41) is 1.07. The summed E-state index contributed by atoms with van der Waals surface area (Å²) in [7, 11) is 0. The van der Waals surface area contributed by atoms with Crippen LogP contribution in [-0.2, 0) is 0 Å². The van der Waals surface area contributed by atoms with E-state index in [4.69, 9.17) is 5.73 Å². The van der Waals surface area contributed by atoms with Crippen LogP contribution in [0.3, 0.4) is 0 Å². The minimum Gasteiger partial charge on any atom is -0.399 e. The van der Waals surface area contributed by atoms with Gasteiger partial charge in [0.1, 0.15) is 5.65 Å². The number of hydrogen-bond acceptors (Lipinski definition) is 2. The predicted octanol–water partition coefficient (Wildman–Crippen LogP) is 2.54. The summed E-state index contributed by atoms with van der Waals surface area (Å²) < 4.78 is 0. The van der Waals surface area contributed by atoms with Crippen molar-refractivity contribution in [3.63, 3.8) is 0 Å². The molecule has 3 heteroatoms. The van der Waals surface area contributed by atoms with Crippen LogP contribution in [0.2, 0.25) is 0 Å². The summed E-state index contributed by atoms with van der Waals surface area (Å²) in [5.74, 6) is 6.17. The van der Waals surface area contributed by atoms with E-state index in [2.05, 4.69) is 21.8 Å². The van der Waals surface area contributed by atoms with Gasteiger partial charge in [0, 0.05) is 22.8 Å². The van der Waals surface area contributed by atoms with Gasteiger partial charge in [-0.1, -0.05) is 5.92 Å². The Labute approximate surface area is 105 Å². The van der Waals surface area contributed by atoms with Gasteiger partial charge >= 0.3 is 0 Å². The predicted molar refractivity (Wildman–Crippen MR) is 72.9 cm³/mol. The molecule has 0 atom stereocenters. The van der Waals surface area contributed by atoms with Crippen molar-refractivity contribution in [3.8, 4) is 11.8 Å². The molecule has 0 unspecified atom stereocenters. The van der Waals surface area contributed by atoms with E-state index in [9.17, 15) is 0 Å². The first kappa shape index (κ1) is 10.4. The zero-order valence-corrected chi connectivity index (χ0v) is 9.64. The standard InChI is InChI=1S/C15H11N3/c16-13-6-3-11(4-7-13)5-8-14-10-12-2-1-9-17-15(12)18-14/h1-4,6-7,9-10H,16H2,(H,17,18). The van der Waals surface area contributed by atoms with E-state index in [0.29, 0.717) is 0 Å². The van der Waals surface area contributed by atoms with Crippen LogP contribution in [0.4, 0.5) is 5.69 Å². The third-order valence-electron chi connectivity index (χ3n) is 2.64. The van der Waals surface area contributed by atoms with E-state index in [1.807, 2.05) is 42.5 Å². The molecule has 0 aliphatic heterocycles. The second kappa shape index (κ2) is 4.27. The number of pyridine rings is 1. The van der Waals surface area contributed by atoms with Gasteiger partial charge in [-0.05, 0) is 48.4 Å². The Morgan fingerprint density at radius 1 is 1.06 bits per heavy atom. The summed E-state index contributed by atoms with van der Waals surface area (Å²) >= 11 is 0. The molecule has 2 aromatic heterocycles. The third-order valence-corrected chi connectivity index (χ3v) is 2.64. The molecule has 0 radical (unpaired) electrons. The second-order valence-electron chi connectivity index (χ2n) is 4.00. The SMILES string of the molecule is Nc1ccc(C#Cc2cc3cccnc3[nH]2)cc1. The van der Waals surface area contributed by atoms with Crippen LogP contribution in [0.5, 0.6) is 0 Å². The molecule has 3 aromatic rings. The van der Waals surface area contributed by atoms with Gasteiger partial charge in [-0.25, -0.2) is 4.98 Å². The minimum absolute atomic E-state index is 0.746. The van der Waals surface area contributed by atoms with Crippen LogP contribution < -0.4 is 5.73 Å². The topological polar surface area (TPSA) is 54.7 Å². The largest absolute Gasteiger partial charge is 0.399 e. The van der Waals surface area contributed by atoms with Crippen LogP contribution in [0, 0.1) is 11.8 Å². The normalized spacial score (nSPS) is 10.0. The number of nitrogens with zero attached hydrogens (tertiary/aromatic N) is 1. The van der Waals surface area contributed by atoms with Crippen molar-refractivity contribution in [1.82, 2.24) is 9.97 Å². The Hall–Kier alpha value is -2.73. The van der Waals surface area contributed by atoms with Gasteiger partial charge in [0.25, 0.3) is 0 Å². The monoisotopic (exact) mass is 233 g/mol. The van der Waals surface area contributed by atoms with E-state index < -0.39 is 0 Å². The first-order chi connectivity index (χ1) is 8.81. The van der Waals surface area contributed by atoms with Crippen LogP contribution in [0.15, 0.2) is 48.7 Å². The van der Waals surface area contributed by atoms with Crippen LogP contribution in [-0.4, -0.2) is 9.97 Å².